The number of halogens is 2. The fourth-order valence-electron chi connectivity index (χ4n) is 1.44. The van der Waals surface area contributed by atoms with Crippen molar-refractivity contribution in [2.75, 3.05) is 0 Å². The second-order valence-corrected chi connectivity index (χ2v) is 3.21. The summed E-state index contributed by atoms with van der Waals surface area (Å²) in [5.41, 5.74) is 1.09. The van der Waals surface area contributed by atoms with E-state index in [1.54, 1.807) is 12.1 Å². The summed E-state index contributed by atoms with van der Waals surface area (Å²) in [6.45, 7) is 0. The van der Waals surface area contributed by atoms with Crippen molar-refractivity contribution in [3.8, 4) is 11.1 Å². The number of pyridine rings is 1. The Bertz CT molecular complexity index is 526. The van der Waals surface area contributed by atoms with Gasteiger partial charge in [0.2, 0.25) is 0 Å². The average Bonchev–Trinajstić information content (AvgIpc) is 2.33. The fourth-order valence-corrected chi connectivity index (χ4v) is 1.44. The first kappa shape index (κ1) is 10.4. The third kappa shape index (κ3) is 1.82. The molecule has 0 amide bonds. The molecular formula is C12H7F2NO. The topological polar surface area (TPSA) is 30.0 Å². The Balaban J connectivity index is 2.65. The molecule has 0 atom stereocenters. The average molecular weight is 219 g/mol. The molecule has 0 N–H and O–H groups in total. The lowest BCUT2D eigenvalue weighted by molar-refractivity contribution is 0.112. The van der Waals surface area contributed by atoms with E-state index in [1.807, 2.05) is 0 Å². The number of carbonyl (C=O) groups is 1. The zero-order chi connectivity index (χ0) is 11.5. The minimum atomic E-state index is -1.03. The Morgan fingerprint density at radius 2 is 1.69 bits per heavy atom. The van der Waals surface area contributed by atoms with Crippen LogP contribution in [0.5, 0.6) is 0 Å². The van der Waals surface area contributed by atoms with Crippen LogP contribution in [0.4, 0.5) is 8.78 Å². The van der Waals surface area contributed by atoms with Gasteiger partial charge in [-0.15, -0.1) is 0 Å². The SMILES string of the molecule is O=Cc1cc(F)c(F)cc1-c1ccncc1. The quantitative estimate of drug-likeness (QED) is 0.727. The van der Waals surface area contributed by atoms with Crippen LogP contribution in [0.1, 0.15) is 10.4 Å². The van der Waals surface area contributed by atoms with E-state index in [1.165, 1.54) is 12.4 Å². The molecule has 0 unspecified atom stereocenters. The predicted octanol–water partition coefficient (Wildman–Crippen LogP) is 2.84. The Hall–Kier alpha value is -2.10. The molecule has 16 heavy (non-hydrogen) atoms. The minimum Gasteiger partial charge on any atom is -0.298 e. The molecule has 0 aliphatic rings. The highest BCUT2D eigenvalue weighted by Crippen LogP contribution is 2.24. The summed E-state index contributed by atoms with van der Waals surface area (Å²) in [6.07, 6.45) is 3.54. The summed E-state index contributed by atoms with van der Waals surface area (Å²) in [6, 6.07) is 5.14. The van der Waals surface area contributed by atoms with Gasteiger partial charge in [0, 0.05) is 18.0 Å². The molecule has 0 aliphatic carbocycles. The molecule has 2 rings (SSSR count). The lowest BCUT2D eigenvalue weighted by Crippen LogP contribution is -1.93. The van der Waals surface area contributed by atoms with Crippen molar-refractivity contribution >= 4 is 6.29 Å². The largest absolute Gasteiger partial charge is 0.298 e. The normalized spacial score (nSPS) is 10.1. The first-order chi connectivity index (χ1) is 7.72. The molecule has 2 nitrogen and oxygen atoms in total. The predicted molar refractivity (Wildman–Crippen MR) is 55.0 cm³/mol. The Kier molecular flexibility index (Phi) is 2.72. The fraction of sp³-hybridized carbons (Fsp3) is 0. The van der Waals surface area contributed by atoms with Crippen LogP contribution in [0.2, 0.25) is 0 Å². The van der Waals surface area contributed by atoms with E-state index in [0.29, 0.717) is 17.4 Å². The Morgan fingerprint density at radius 1 is 1.06 bits per heavy atom. The van der Waals surface area contributed by atoms with Crippen LogP contribution < -0.4 is 0 Å². The zero-order valence-corrected chi connectivity index (χ0v) is 8.15. The van der Waals surface area contributed by atoms with Crippen LogP contribution in [0.25, 0.3) is 11.1 Å². The van der Waals surface area contributed by atoms with Gasteiger partial charge in [-0.25, -0.2) is 8.78 Å². The molecule has 0 aliphatic heterocycles. The van der Waals surface area contributed by atoms with Gasteiger partial charge >= 0.3 is 0 Å². The summed E-state index contributed by atoms with van der Waals surface area (Å²) in [5.74, 6) is -2.00. The van der Waals surface area contributed by atoms with E-state index in [2.05, 4.69) is 4.98 Å². The van der Waals surface area contributed by atoms with Gasteiger partial charge in [-0.3, -0.25) is 9.78 Å². The number of aromatic nitrogens is 1. The molecule has 0 radical (unpaired) electrons. The standard InChI is InChI=1S/C12H7F2NO/c13-11-5-9(7-16)10(6-12(11)14)8-1-3-15-4-2-8/h1-7H. The molecule has 0 saturated heterocycles. The van der Waals surface area contributed by atoms with E-state index in [0.717, 1.165) is 12.1 Å². The number of hydrogen-bond acceptors (Lipinski definition) is 2. The summed E-state index contributed by atoms with van der Waals surface area (Å²) < 4.78 is 26.0. The van der Waals surface area contributed by atoms with Gasteiger partial charge in [-0.1, -0.05) is 0 Å². The number of hydrogen-bond donors (Lipinski definition) is 0. The summed E-state index contributed by atoms with van der Waals surface area (Å²) >= 11 is 0. The number of aldehydes is 1. The monoisotopic (exact) mass is 219 g/mol. The summed E-state index contributed by atoms with van der Waals surface area (Å²) in [7, 11) is 0. The van der Waals surface area contributed by atoms with Crippen molar-refractivity contribution in [3.05, 3.63) is 53.9 Å². The highest BCUT2D eigenvalue weighted by Gasteiger charge is 2.10. The molecule has 4 heteroatoms. The van der Waals surface area contributed by atoms with E-state index in [4.69, 9.17) is 0 Å². The molecule has 1 heterocycles. The smallest absolute Gasteiger partial charge is 0.159 e. The number of carbonyl (C=O) groups excluding carboxylic acids is 1. The lowest BCUT2D eigenvalue weighted by atomic mass is 10.0. The van der Waals surface area contributed by atoms with Crippen molar-refractivity contribution < 1.29 is 13.6 Å². The maximum absolute atomic E-state index is 13.1. The maximum atomic E-state index is 13.1. The summed E-state index contributed by atoms with van der Waals surface area (Å²) in [4.78, 5) is 14.6. The van der Waals surface area contributed by atoms with Crippen molar-refractivity contribution in [1.82, 2.24) is 4.98 Å². The molecule has 1 aromatic carbocycles. The Labute approximate surface area is 90.6 Å². The highest BCUT2D eigenvalue weighted by atomic mass is 19.2. The van der Waals surface area contributed by atoms with Crippen LogP contribution in [0.15, 0.2) is 36.7 Å². The molecule has 2 aromatic rings. The van der Waals surface area contributed by atoms with E-state index in [9.17, 15) is 13.6 Å². The third-order valence-electron chi connectivity index (χ3n) is 2.21. The van der Waals surface area contributed by atoms with Gasteiger partial charge in [-0.05, 0) is 35.4 Å². The van der Waals surface area contributed by atoms with Crippen LogP contribution in [0.3, 0.4) is 0 Å². The first-order valence-corrected chi connectivity index (χ1v) is 4.57. The van der Waals surface area contributed by atoms with Gasteiger partial charge in [-0.2, -0.15) is 0 Å². The molecule has 0 spiro atoms. The number of benzene rings is 1. The van der Waals surface area contributed by atoms with Crippen LogP contribution in [0, 0.1) is 11.6 Å². The van der Waals surface area contributed by atoms with Crippen LogP contribution in [-0.2, 0) is 0 Å². The van der Waals surface area contributed by atoms with Crippen LogP contribution in [-0.4, -0.2) is 11.3 Å². The first-order valence-electron chi connectivity index (χ1n) is 4.57. The Morgan fingerprint density at radius 3 is 2.31 bits per heavy atom. The maximum Gasteiger partial charge on any atom is 0.159 e. The van der Waals surface area contributed by atoms with Crippen molar-refractivity contribution in [3.63, 3.8) is 0 Å². The van der Waals surface area contributed by atoms with Crippen molar-refractivity contribution in [2.24, 2.45) is 0 Å². The van der Waals surface area contributed by atoms with Crippen molar-refractivity contribution in [2.45, 2.75) is 0 Å². The van der Waals surface area contributed by atoms with Gasteiger partial charge in [0.05, 0.1) is 0 Å². The van der Waals surface area contributed by atoms with Crippen LogP contribution >= 0.6 is 0 Å². The van der Waals surface area contributed by atoms with Crippen molar-refractivity contribution in [1.29, 1.82) is 0 Å². The number of nitrogens with zero attached hydrogens (tertiary/aromatic N) is 1. The molecule has 0 fully saturated rings. The van der Waals surface area contributed by atoms with Gasteiger partial charge in [0.1, 0.15) is 0 Å². The third-order valence-corrected chi connectivity index (χ3v) is 2.21. The summed E-state index contributed by atoms with van der Waals surface area (Å²) in [5, 5.41) is 0. The highest BCUT2D eigenvalue weighted by molar-refractivity contribution is 5.87. The van der Waals surface area contributed by atoms with E-state index < -0.39 is 11.6 Å². The second kappa shape index (κ2) is 4.18. The number of rotatable bonds is 2. The zero-order valence-electron chi connectivity index (χ0n) is 8.15. The molecule has 0 saturated carbocycles. The van der Waals surface area contributed by atoms with Gasteiger partial charge in [0.15, 0.2) is 17.9 Å². The molecule has 80 valence electrons. The van der Waals surface area contributed by atoms with Gasteiger partial charge < -0.3 is 0 Å². The van der Waals surface area contributed by atoms with E-state index >= 15 is 0 Å². The lowest BCUT2D eigenvalue weighted by Gasteiger charge is -2.05. The molecular weight excluding hydrogens is 212 g/mol. The minimum absolute atomic E-state index is 0.116. The van der Waals surface area contributed by atoms with Gasteiger partial charge in [0.25, 0.3) is 0 Å². The van der Waals surface area contributed by atoms with E-state index in [-0.39, 0.29) is 5.56 Å². The molecule has 0 bridgehead atoms. The molecule has 1 aromatic heterocycles. The second-order valence-electron chi connectivity index (χ2n) is 3.21.